The monoisotopic (exact) mass is 276 g/mol. The average Bonchev–Trinajstić information content (AvgIpc) is 2.49. The number of methoxy groups -OCH3 is 1. The molecule has 1 aliphatic rings. The Hall–Kier alpha value is -1.06. The van der Waals surface area contributed by atoms with Gasteiger partial charge in [-0.25, -0.2) is 0 Å². The minimum Gasteiger partial charge on any atom is -0.497 e. The Morgan fingerprint density at radius 3 is 2.50 bits per heavy atom. The van der Waals surface area contributed by atoms with Crippen LogP contribution in [0.25, 0.3) is 0 Å². The van der Waals surface area contributed by atoms with Crippen molar-refractivity contribution in [3.63, 3.8) is 0 Å². The number of nitrogens with one attached hydrogen (secondary N) is 1. The van der Waals surface area contributed by atoms with Gasteiger partial charge >= 0.3 is 0 Å². The van der Waals surface area contributed by atoms with Crippen molar-refractivity contribution in [1.82, 2.24) is 10.2 Å². The molecular weight excluding hydrogens is 248 g/mol. The Bertz CT molecular complexity index is 371. The summed E-state index contributed by atoms with van der Waals surface area (Å²) in [6, 6.07) is 8.49. The maximum atomic E-state index is 5.22. The third-order valence-electron chi connectivity index (χ3n) is 4.08. The molecule has 1 fully saturated rings. The van der Waals surface area contributed by atoms with Gasteiger partial charge in [-0.15, -0.1) is 0 Å². The second-order valence-corrected chi connectivity index (χ2v) is 5.78. The van der Waals surface area contributed by atoms with E-state index in [1.807, 2.05) is 0 Å². The van der Waals surface area contributed by atoms with Gasteiger partial charge in [-0.05, 0) is 62.5 Å². The van der Waals surface area contributed by atoms with Crippen LogP contribution in [0.3, 0.4) is 0 Å². The van der Waals surface area contributed by atoms with E-state index in [2.05, 4.69) is 41.4 Å². The molecule has 1 saturated heterocycles. The van der Waals surface area contributed by atoms with Crippen LogP contribution in [-0.2, 0) is 6.54 Å². The van der Waals surface area contributed by atoms with E-state index in [0.717, 1.165) is 18.2 Å². The third-order valence-corrected chi connectivity index (χ3v) is 4.08. The molecule has 20 heavy (non-hydrogen) atoms. The number of hydrogen-bond acceptors (Lipinski definition) is 3. The van der Waals surface area contributed by atoms with Crippen molar-refractivity contribution in [2.75, 3.05) is 33.3 Å². The Morgan fingerprint density at radius 2 is 1.90 bits per heavy atom. The fourth-order valence-electron chi connectivity index (χ4n) is 2.97. The van der Waals surface area contributed by atoms with Gasteiger partial charge in [-0.1, -0.05) is 19.1 Å². The molecule has 3 nitrogen and oxygen atoms in total. The molecule has 1 aliphatic heterocycles. The van der Waals surface area contributed by atoms with Crippen LogP contribution < -0.4 is 10.1 Å². The topological polar surface area (TPSA) is 24.5 Å². The van der Waals surface area contributed by atoms with Crippen molar-refractivity contribution >= 4 is 0 Å². The molecule has 112 valence electrons. The minimum absolute atomic E-state index is 0.862. The molecular formula is C17H28N2O. The van der Waals surface area contributed by atoms with Gasteiger partial charge < -0.3 is 10.1 Å². The van der Waals surface area contributed by atoms with Gasteiger partial charge in [0.1, 0.15) is 5.75 Å². The number of piperidine rings is 1. The number of rotatable bonds is 7. The van der Waals surface area contributed by atoms with E-state index in [-0.39, 0.29) is 0 Å². The summed E-state index contributed by atoms with van der Waals surface area (Å²) < 4.78 is 5.22. The van der Waals surface area contributed by atoms with E-state index in [1.165, 1.54) is 51.0 Å². The van der Waals surface area contributed by atoms with E-state index in [0.29, 0.717) is 0 Å². The molecule has 3 heteroatoms. The quantitative estimate of drug-likeness (QED) is 0.829. The Balaban J connectivity index is 1.89. The highest BCUT2D eigenvalue weighted by Crippen LogP contribution is 2.17. The number of ether oxygens (including phenoxy) is 1. The summed E-state index contributed by atoms with van der Waals surface area (Å²) in [6.07, 6.45) is 3.87. The van der Waals surface area contributed by atoms with Gasteiger partial charge in [0.25, 0.3) is 0 Å². The van der Waals surface area contributed by atoms with E-state index in [4.69, 9.17) is 4.74 Å². The summed E-state index contributed by atoms with van der Waals surface area (Å²) in [5.41, 5.74) is 1.38. The number of benzene rings is 1. The lowest BCUT2D eigenvalue weighted by molar-refractivity contribution is 0.199. The van der Waals surface area contributed by atoms with Crippen LogP contribution in [0.5, 0.6) is 5.75 Å². The van der Waals surface area contributed by atoms with Crippen LogP contribution in [0.1, 0.15) is 31.7 Å². The van der Waals surface area contributed by atoms with Crippen molar-refractivity contribution in [3.05, 3.63) is 29.8 Å². The molecule has 0 amide bonds. The van der Waals surface area contributed by atoms with Crippen molar-refractivity contribution in [1.29, 1.82) is 0 Å². The Kier molecular flexibility index (Phi) is 6.34. The Labute approximate surface area is 123 Å². The van der Waals surface area contributed by atoms with Crippen LogP contribution in [-0.4, -0.2) is 38.2 Å². The van der Waals surface area contributed by atoms with Crippen molar-refractivity contribution in [2.45, 2.75) is 32.7 Å². The maximum Gasteiger partial charge on any atom is 0.118 e. The van der Waals surface area contributed by atoms with Crippen molar-refractivity contribution in [3.8, 4) is 5.75 Å². The number of hydrogen-bond donors (Lipinski definition) is 1. The first-order valence-electron chi connectivity index (χ1n) is 7.87. The van der Waals surface area contributed by atoms with E-state index < -0.39 is 0 Å². The van der Waals surface area contributed by atoms with Gasteiger partial charge in [0, 0.05) is 13.1 Å². The summed E-state index contributed by atoms with van der Waals surface area (Å²) in [4.78, 5) is 2.61. The lowest BCUT2D eigenvalue weighted by atomic mass is 9.97. The van der Waals surface area contributed by atoms with Crippen LogP contribution >= 0.6 is 0 Å². The molecule has 1 N–H and O–H groups in total. The van der Waals surface area contributed by atoms with Gasteiger partial charge in [-0.2, -0.15) is 0 Å². The van der Waals surface area contributed by atoms with Gasteiger partial charge in [0.2, 0.25) is 0 Å². The largest absolute Gasteiger partial charge is 0.497 e. The zero-order valence-corrected chi connectivity index (χ0v) is 12.9. The van der Waals surface area contributed by atoms with Crippen molar-refractivity contribution < 1.29 is 4.74 Å². The zero-order chi connectivity index (χ0) is 14.2. The predicted molar refractivity (Wildman–Crippen MR) is 84.2 cm³/mol. The maximum absolute atomic E-state index is 5.22. The first-order chi connectivity index (χ1) is 9.81. The first kappa shape index (κ1) is 15.3. The predicted octanol–water partition coefficient (Wildman–Crippen LogP) is 2.91. The van der Waals surface area contributed by atoms with E-state index in [1.54, 1.807) is 7.11 Å². The fraction of sp³-hybridized carbons (Fsp3) is 0.647. The van der Waals surface area contributed by atoms with Crippen LogP contribution in [0, 0.1) is 5.92 Å². The van der Waals surface area contributed by atoms with Gasteiger partial charge in [-0.3, -0.25) is 4.90 Å². The highest BCUT2D eigenvalue weighted by molar-refractivity contribution is 5.27. The van der Waals surface area contributed by atoms with Crippen LogP contribution in [0.4, 0.5) is 0 Å². The fourth-order valence-corrected chi connectivity index (χ4v) is 2.97. The zero-order valence-electron chi connectivity index (χ0n) is 12.9. The molecule has 0 aromatic heterocycles. The highest BCUT2D eigenvalue weighted by Gasteiger charge is 2.16. The summed E-state index contributed by atoms with van der Waals surface area (Å²) in [5, 5.41) is 3.45. The molecule has 0 spiro atoms. The summed E-state index contributed by atoms with van der Waals surface area (Å²) >= 11 is 0. The standard InChI is InChI=1S/C17H28N2O/c1-3-12-19(14-16-8-10-18-11-9-16)13-15-4-6-17(20-2)7-5-15/h4-7,16,18H,3,8-14H2,1-2H3. The molecule has 1 aromatic carbocycles. The molecule has 2 rings (SSSR count). The Morgan fingerprint density at radius 1 is 1.20 bits per heavy atom. The second kappa shape index (κ2) is 8.28. The van der Waals surface area contributed by atoms with Crippen molar-refractivity contribution in [2.24, 2.45) is 5.92 Å². The molecule has 0 radical (unpaired) electrons. The number of nitrogens with zero attached hydrogens (tertiary/aromatic N) is 1. The van der Waals surface area contributed by atoms with Gasteiger partial charge in [0.15, 0.2) is 0 Å². The summed E-state index contributed by atoms with van der Waals surface area (Å²) in [7, 11) is 1.72. The van der Waals surface area contributed by atoms with Gasteiger partial charge in [0.05, 0.1) is 7.11 Å². The molecule has 0 bridgehead atoms. The minimum atomic E-state index is 0.862. The molecule has 1 aromatic rings. The normalized spacial score (nSPS) is 16.6. The summed E-state index contributed by atoms with van der Waals surface area (Å²) in [6.45, 7) is 8.13. The summed E-state index contributed by atoms with van der Waals surface area (Å²) in [5.74, 6) is 1.80. The highest BCUT2D eigenvalue weighted by atomic mass is 16.5. The van der Waals surface area contributed by atoms with E-state index >= 15 is 0 Å². The second-order valence-electron chi connectivity index (χ2n) is 5.78. The molecule has 0 saturated carbocycles. The smallest absolute Gasteiger partial charge is 0.118 e. The lowest BCUT2D eigenvalue weighted by Gasteiger charge is -2.30. The third kappa shape index (κ3) is 4.80. The lowest BCUT2D eigenvalue weighted by Crippen LogP contribution is -2.36. The molecule has 1 heterocycles. The molecule has 0 atom stereocenters. The van der Waals surface area contributed by atoms with Crippen LogP contribution in [0.2, 0.25) is 0 Å². The SMILES string of the molecule is CCCN(Cc1ccc(OC)cc1)CC1CCNCC1. The van der Waals surface area contributed by atoms with Crippen LogP contribution in [0.15, 0.2) is 24.3 Å². The first-order valence-corrected chi connectivity index (χ1v) is 7.87. The molecule has 0 aliphatic carbocycles. The average molecular weight is 276 g/mol. The van der Waals surface area contributed by atoms with E-state index in [9.17, 15) is 0 Å². The molecule has 0 unspecified atom stereocenters.